The lowest BCUT2D eigenvalue weighted by atomic mass is 9.94. The third kappa shape index (κ3) is 11.1. The number of hydrogen-bond acceptors (Lipinski definition) is 4. The monoisotopic (exact) mass is 407 g/mol. The van der Waals surface area contributed by atoms with Crippen LogP contribution in [0.1, 0.15) is 51.7 Å². The number of aliphatic imine (C=N–C) groups is 1. The maximum Gasteiger partial charge on any atom is 0.191 e. The lowest BCUT2D eigenvalue weighted by Crippen LogP contribution is -2.40. The fourth-order valence-electron chi connectivity index (χ4n) is 3.18. The normalized spacial score (nSPS) is 12.9. The molecule has 6 nitrogen and oxygen atoms in total. The summed E-state index contributed by atoms with van der Waals surface area (Å²) in [5, 5.41) is 16.1. The largest absolute Gasteiger partial charge is 0.491 e. The summed E-state index contributed by atoms with van der Waals surface area (Å²) in [6.45, 7) is 14.7. The molecule has 29 heavy (non-hydrogen) atoms. The highest BCUT2D eigenvalue weighted by Gasteiger charge is 2.12. The van der Waals surface area contributed by atoms with Crippen molar-refractivity contribution in [3.63, 3.8) is 0 Å². The molecule has 1 aromatic rings. The molecule has 0 heterocycles. The molecule has 1 unspecified atom stereocenters. The Kier molecular flexibility index (Phi) is 13.1. The van der Waals surface area contributed by atoms with Crippen molar-refractivity contribution in [2.45, 2.75) is 54.0 Å². The van der Waals surface area contributed by atoms with E-state index in [1.54, 1.807) is 0 Å². The van der Waals surface area contributed by atoms with Gasteiger partial charge in [0.1, 0.15) is 12.4 Å². The molecule has 0 bridgehead atoms. The van der Waals surface area contributed by atoms with Gasteiger partial charge in [0.05, 0.1) is 13.2 Å². The molecule has 0 aliphatic rings. The molecule has 166 valence electrons. The average Bonchev–Trinajstić information content (AvgIpc) is 2.68. The van der Waals surface area contributed by atoms with E-state index in [1.807, 2.05) is 6.92 Å². The number of aryl methyl sites for hydroxylation is 1. The van der Waals surface area contributed by atoms with E-state index in [2.05, 4.69) is 56.5 Å². The Morgan fingerprint density at radius 2 is 1.97 bits per heavy atom. The van der Waals surface area contributed by atoms with Gasteiger partial charge < -0.3 is 25.2 Å². The van der Waals surface area contributed by atoms with Gasteiger partial charge >= 0.3 is 0 Å². The average molecular weight is 408 g/mol. The molecule has 0 aromatic heterocycles. The Labute approximate surface area is 177 Å². The van der Waals surface area contributed by atoms with Crippen molar-refractivity contribution in [1.82, 2.24) is 10.6 Å². The number of guanidine groups is 1. The molecule has 0 radical (unpaired) electrons. The number of rotatable bonds is 14. The topological polar surface area (TPSA) is 75.1 Å². The molecule has 0 saturated heterocycles. The number of aliphatic hydroxyl groups is 1. The maximum absolute atomic E-state index is 9.33. The first-order chi connectivity index (χ1) is 14.0. The zero-order valence-electron chi connectivity index (χ0n) is 19.0. The second-order valence-electron chi connectivity index (χ2n) is 7.74. The van der Waals surface area contributed by atoms with Crippen LogP contribution in [-0.4, -0.2) is 50.6 Å². The van der Waals surface area contributed by atoms with Gasteiger partial charge in [-0.25, -0.2) is 4.99 Å². The first-order valence-corrected chi connectivity index (χ1v) is 10.9. The standard InChI is InChI=1S/C23H41N3O3/c1-6-24-23(25-16-20(10-11-27)14-18(3)4)26-17-21-9-8-19(5)15-22(21)29-13-12-28-7-2/h8-9,15,18,20,27H,6-7,10-14,16-17H2,1-5H3,(H2,24,25,26). The molecule has 3 N–H and O–H groups in total. The first-order valence-electron chi connectivity index (χ1n) is 10.9. The van der Waals surface area contributed by atoms with Crippen molar-refractivity contribution in [3.05, 3.63) is 29.3 Å². The number of nitrogens with zero attached hydrogens (tertiary/aromatic N) is 1. The molecule has 0 saturated carbocycles. The number of benzene rings is 1. The molecule has 0 amide bonds. The van der Waals surface area contributed by atoms with Gasteiger partial charge in [-0.3, -0.25) is 0 Å². The maximum atomic E-state index is 9.33. The predicted molar refractivity (Wildman–Crippen MR) is 121 cm³/mol. The quantitative estimate of drug-likeness (QED) is 0.250. The molecule has 1 aromatic carbocycles. The first kappa shape index (κ1) is 25.2. The van der Waals surface area contributed by atoms with Gasteiger partial charge in [0, 0.05) is 31.9 Å². The summed E-state index contributed by atoms with van der Waals surface area (Å²) in [7, 11) is 0. The zero-order chi connectivity index (χ0) is 21.5. The summed E-state index contributed by atoms with van der Waals surface area (Å²) in [5.74, 6) is 2.69. The van der Waals surface area contributed by atoms with E-state index in [0.29, 0.717) is 38.2 Å². The lowest BCUT2D eigenvalue weighted by Gasteiger charge is -2.20. The van der Waals surface area contributed by atoms with Crippen LogP contribution in [0.3, 0.4) is 0 Å². The second-order valence-corrected chi connectivity index (χ2v) is 7.74. The van der Waals surface area contributed by atoms with Crippen LogP contribution in [0, 0.1) is 18.8 Å². The minimum Gasteiger partial charge on any atom is -0.491 e. The third-order valence-electron chi connectivity index (χ3n) is 4.56. The molecule has 0 fully saturated rings. The summed E-state index contributed by atoms with van der Waals surface area (Å²) in [6, 6.07) is 6.21. The van der Waals surface area contributed by atoms with E-state index in [4.69, 9.17) is 14.5 Å². The summed E-state index contributed by atoms with van der Waals surface area (Å²) in [4.78, 5) is 4.75. The highest BCUT2D eigenvalue weighted by molar-refractivity contribution is 5.79. The van der Waals surface area contributed by atoms with E-state index in [9.17, 15) is 5.11 Å². The van der Waals surface area contributed by atoms with E-state index in [1.165, 1.54) is 0 Å². The molecule has 0 aliphatic heterocycles. The summed E-state index contributed by atoms with van der Waals surface area (Å²) < 4.78 is 11.3. The van der Waals surface area contributed by atoms with Gasteiger partial charge in [-0.05, 0) is 57.1 Å². The van der Waals surface area contributed by atoms with E-state index in [-0.39, 0.29) is 6.61 Å². The van der Waals surface area contributed by atoms with Crippen LogP contribution in [-0.2, 0) is 11.3 Å². The second kappa shape index (κ2) is 15.1. The van der Waals surface area contributed by atoms with Crippen molar-refractivity contribution < 1.29 is 14.6 Å². The Hall–Kier alpha value is -1.79. The van der Waals surface area contributed by atoms with Crippen molar-refractivity contribution in [2.24, 2.45) is 16.8 Å². The number of hydrogen-bond donors (Lipinski definition) is 3. The minimum atomic E-state index is 0.221. The van der Waals surface area contributed by atoms with Gasteiger partial charge in [-0.15, -0.1) is 0 Å². The molecular weight excluding hydrogens is 366 g/mol. The fourth-order valence-corrected chi connectivity index (χ4v) is 3.18. The van der Waals surface area contributed by atoms with Gasteiger partial charge in [0.25, 0.3) is 0 Å². The van der Waals surface area contributed by atoms with Crippen molar-refractivity contribution in [1.29, 1.82) is 0 Å². The Bertz CT molecular complexity index is 591. The summed E-state index contributed by atoms with van der Waals surface area (Å²) in [6.07, 6.45) is 1.89. The van der Waals surface area contributed by atoms with Crippen LogP contribution >= 0.6 is 0 Å². The lowest BCUT2D eigenvalue weighted by molar-refractivity contribution is 0.110. The number of aliphatic hydroxyl groups excluding tert-OH is 1. The zero-order valence-corrected chi connectivity index (χ0v) is 19.0. The van der Waals surface area contributed by atoms with Gasteiger partial charge in [-0.1, -0.05) is 26.0 Å². The fraction of sp³-hybridized carbons (Fsp3) is 0.696. The van der Waals surface area contributed by atoms with Crippen molar-refractivity contribution >= 4 is 5.96 Å². The number of nitrogens with one attached hydrogen (secondary N) is 2. The smallest absolute Gasteiger partial charge is 0.191 e. The van der Waals surface area contributed by atoms with Crippen LogP contribution in [0.2, 0.25) is 0 Å². The SMILES string of the molecule is CCNC(=NCc1ccc(C)cc1OCCOCC)NCC(CCO)CC(C)C. The van der Waals surface area contributed by atoms with Gasteiger partial charge in [0.15, 0.2) is 5.96 Å². The van der Waals surface area contributed by atoms with Gasteiger partial charge in [-0.2, -0.15) is 0 Å². The van der Waals surface area contributed by atoms with Crippen LogP contribution in [0.15, 0.2) is 23.2 Å². The molecular formula is C23H41N3O3. The van der Waals surface area contributed by atoms with Crippen molar-refractivity contribution in [3.8, 4) is 5.75 Å². The van der Waals surface area contributed by atoms with Crippen LogP contribution in [0.5, 0.6) is 5.75 Å². The predicted octanol–water partition coefficient (Wildman–Crippen LogP) is 3.51. The van der Waals surface area contributed by atoms with Crippen LogP contribution < -0.4 is 15.4 Å². The Balaban J connectivity index is 2.76. The molecule has 1 rings (SSSR count). The van der Waals surface area contributed by atoms with Crippen LogP contribution in [0.25, 0.3) is 0 Å². The summed E-state index contributed by atoms with van der Waals surface area (Å²) in [5.41, 5.74) is 2.22. The molecule has 6 heteroatoms. The van der Waals surface area contributed by atoms with Crippen LogP contribution in [0.4, 0.5) is 0 Å². The van der Waals surface area contributed by atoms with E-state index in [0.717, 1.165) is 48.8 Å². The Morgan fingerprint density at radius 1 is 1.17 bits per heavy atom. The molecule has 0 aliphatic carbocycles. The van der Waals surface area contributed by atoms with E-state index >= 15 is 0 Å². The van der Waals surface area contributed by atoms with Crippen molar-refractivity contribution in [2.75, 3.05) is 39.5 Å². The molecule has 0 spiro atoms. The third-order valence-corrected chi connectivity index (χ3v) is 4.56. The van der Waals surface area contributed by atoms with Gasteiger partial charge in [0.2, 0.25) is 0 Å². The summed E-state index contributed by atoms with van der Waals surface area (Å²) >= 11 is 0. The highest BCUT2D eigenvalue weighted by atomic mass is 16.5. The minimum absolute atomic E-state index is 0.221. The Morgan fingerprint density at radius 3 is 2.62 bits per heavy atom. The number of ether oxygens (including phenoxy) is 2. The van der Waals surface area contributed by atoms with E-state index < -0.39 is 0 Å². The highest BCUT2D eigenvalue weighted by Crippen LogP contribution is 2.21. The molecule has 1 atom stereocenters.